The van der Waals surface area contributed by atoms with E-state index in [1.807, 2.05) is 6.92 Å². The van der Waals surface area contributed by atoms with Crippen molar-refractivity contribution in [2.24, 2.45) is 4.99 Å². The molecule has 1 unspecified atom stereocenters. The summed E-state index contributed by atoms with van der Waals surface area (Å²) in [6, 6.07) is 3.23. The van der Waals surface area contributed by atoms with Crippen molar-refractivity contribution in [2.45, 2.75) is 13.0 Å². The van der Waals surface area contributed by atoms with Crippen molar-refractivity contribution in [3.05, 3.63) is 29.8 Å². The Morgan fingerprint density at radius 2 is 2.46 bits per heavy atom. The first kappa shape index (κ1) is 8.16. The number of amidine groups is 1. The van der Waals surface area contributed by atoms with Crippen LogP contribution in [0.2, 0.25) is 0 Å². The first-order valence-electron chi connectivity index (χ1n) is 4.19. The predicted octanol–water partition coefficient (Wildman–Crippen LogP) is 0.959. The number of hydrogen-bond donors (Lipinski definition) is 1. The summed E-state index contributed by atoms with van der Waals surface area (Å²) < 4.78 is 13.2. The summed E-state index contributed by atoms with van der Waals surface area (Å²) in [6.07, 6.45) is 1.56. The van der Waals surface area contributed by atoms with Gasteiger partial charge in [-0.05, 0) is 19.1 Å². The van der Waals surface area contributed by atoms with E-state index in [0.29, 0.717) is 18.1 Å². The van der Waals surface area contributed by atoms with Crippen LogP contribution in [0.25, 0.3) is 0 Å². The average Bonchev–Trinajstić information content (AvgIpc) is 2.53. The lowest BCUT2D eigenvalue weighted by Crippen LogP contribution is -2.28. The zero-order valence-electron chi connectivity index (χ0n) is 7.29. The van der Waals surface area contributed by atoms with Crippen LogP contribution in [0.5, 0.6) is 0 Å². The summed E-state index contributed by atoms with van der Waals surface area (Å²) >= 11 is 0. The number of pyridine rings is 1. The van der Waals surface area contributed by atoms with Gasteiger partial charge in [-0.2, -0.15) is 0 Å². The summed E-state index contributed by atoms with van der Waals surface area (Å²) in [7, 11) is 0. The minimum atomic E-state index is -0.331. The molecular weight excluding hydrogens is 169 g/mol. The van der Waals surface area contributed by atoms with Crippen molar-refractivity contribution in [1.82, 2.24) is 10.3 Å². The van der Waals surface area contributed by atoms with Gasteiger partial charge in [0.2, 0.25) is 0 Å². The predicted molar refractivity (Wildman–Crippen MR) is 48.2 cm³/mol. The quantitative estimate of drug-likeness (QED) is 0.697. The molecule has 1 aromatic rings. The van der Waals surface area contributed by atoms with Crippen LogP contribution in [0.1, 0.15) is 12.6 Å². The SMILES string of the molecule is CC1CN=C(c2ncccc2F)N1. The van der Waals surface area contributed by atoms with Crippen LogP contribution in [-0.4, -0.2) is 23.4 Å². The van der Waals surface area contributed by atoms with Crippen molar-refractivity contribution in [3.8, 4) is 0 Å². The molecule has 13 heavy (non-hydrogen) atoms. The maximum absolute atomic E-state index is 13.2. The standard InChI is InChI=1S/C9H10FN3/c1-6-5-12-9(13-6)8-7(10)3-2-4-11-8/h2-4,6H,5H2,1H3,(H,12,13). The fourth-order valence-corrected chi connectivity index (χ4v) is 1.26. The maximum Gasteiger partial charge on any atom is 0.152 e. The molecule has 1 aliphatic rings. The lowest BCUT2D eigenvalue weighted by molar-refractivity contribution is 0.616. The molecule has 0 fully saturated rings. The molecule has 68 valence electrons. The summed E-state index contributed by atoms with van der Waals surface area (Å²) in [5.74, 6) is 0.230. The highest BCUT2D eigenvalue weighted by Gasteiger charge is 2.17. The zero-order chi connectivity index (χ0) is 9.26. The monoisotopic (exact) mass is 179 g/mol. The molecular formula is C9H10FN3. The summed E-state index contributed by atoms with van der Waals surface area (Å²) in [4.78, 5) is 8.08. The second kappa shape index (κ2) is 3.12. The Morgan fingerprint density at radius 3 is 3.08 bits per heavy atom. The normalized spacial score (nSPS) is 21.1. The van der Waals surface area contributed by atoms with Gasteiger partial charge in [-0.1, -0.05) is 0 Å². The van der Waals surface area contributed by atoms with Gasteiger partial charge >= 0.3 is 0 Å². The van der Waals surface area contributed by atoms with Gasteiger partial charge in [-0.3, -0.25) is 4.99 Å². The van der Waals surface area contributed by atoms with Gasteiger partial charge < -0.3 is 5.32 Å². The molecule has 1 aliphatic heterocycles. The number of aromatic nitrogens is 1. The number of aliphatic imine (C=N–C) groups is 1. The number of halogens is 1. The zero-order valence-corrected chi connectivity index (χ0v) is 7.29. The van der Waals surface area contributed by atoms with Gasteiger partial charge in [-0.25, -0.2) is 9.37 Å². The van der Waals surface area contributed by atoms with Crippen LogP contribution in [0.15, 0.2) is 23.3 Å². The van der Waals surface area contributed by atoms with E-state index in [1.165, 1.54) is 6.07 Å². The second-order valence-corrected chi connectivity index (χ2v) is 3.07. The van der Waals surface area contributed by atoms with E-state index in [0.717, 1.165) is 0 Å². The van der Waals surface area contributed by atoms with Gasteiger partial charge in [0.15, 0.2) is 11.7 Å². The van der Waals surface area contributed by atoms with Gasteiger partial charge in [-0.15, -0.1) is 0 Å². The average molecular weight is 179 g/mol. The van der Waals surface area contributed by atoms with Crippen LogP contribution in [0.4, 0.5) is 4.39 Å². The molecule has 0 saturated carbocycles. The van der Waals surface area contributed by atoms with Crippen molar-refractivity contribution in [3.63, 3.8) is 0 Å². The van der Waals surface area contributed by atoms with E-state index >= 15 is 0 Å². The number of nitrogens with one attached hydrogen (secondary N) is 1. The summed E-state index contributed by atoms with van der Waals surface area (Å²) in [5.41, 5.74) is 0.312. The first-order valence-corrected chi connectivity index (χ1v) is 4.19. The first-order chi connectivity index (χ1) is 6.27. The Kier molecular flexibility index (Phi) is 1.96. The van der Waals surface area contributed by atoms with Gasteiger partial charge in [0.05, 0.1) is 6.54 Å². The minimum absolute atomic E-state index is 0.274. The highest BCUT2D eigenvalue weighted by atomic mass is 19.1. The van der Waals surface area contributed by atoms with E-state index < -0.39 is 0 Å². The van der Waals surface area contributed by atoms with Crippen LogP contribution in [0, 0.1) is 5.82 Å². The van der Waals surface area contributed by atoms with E-state index in [-0.39, 0.29) is 11.9 Å². The lowest BCUT2D eigenvalue weighted by Gasteiger charge is -2.05. The molecule has 1 atom stereocenters. The van der Waals surface area contributed by atoms with Gasteiger partial charge in [0.25, 0.3) is 0 Å². The third-order valence-electron chi connectivity index (χ3n) is 1.89. The van der Waals surface area contributed by atoms with Crippen LogP contribution in [0.3, 0.4) is 0 Å². The molecule has 0 saturated heterocycles. The molecule has 0 aromatic carbocycles. The van der Waals surface area contributed by atoms with Crippen molar-refractivity contribution < 1.29 is 4.39 Å². The highest BCUT2D eigenvalue weighted by molar-refractivity contribution is 5.98. The lowest BCUT2D eigenvalue weighted by atomic mass is 10.3. The van der Waals surface area contributed by atoms with Crippen molar-refractivity contribution >= 4 is 5.84 Å². The Bertz CT molecular complexity index is 348. The van der Waals surface area contributed by atoms with E-state index in [4.69, 9.17) is 0 Å². The molecule has 0 bridgehead atoms. The highest BCUT2D eigenvalue weighted by Crippen LogP contribution is 2.07. The molecule has 2 heterocycles. The fraction of sp³-hybridized carbons (Fsp3) is 0.333. The molecule has 1 N–H and O–H groups in total. The Morgan fingerprint density at radius 1 is 1.62 bits per heavy atom. The van der Waals surface area contributed by atoms with Gasteiger partial charge in [0.1, 0.15) is 5.69 Å². The van der Waals surface area contributed by atoms with Crippen LogP contribution in [-0.2, 0) is 0 Å². The Labute approximate surface area is 75.7 Å². The fourth-order valence-electron chi connectivity index (χ4n) is 1.26. The topological polar surface area (TPSA) is 37.3 Å². The number of rotatable bonds is 1. The summed E-state index contributed by atoms with van der Waals surface area (Å²) in [5, 5.41) is 3.06. The minimum Gasteiger partial charge on any atom is -0.364 e. The molecule has 4 heteroatoms. The second-order valence-electron chi connectivity index (χ2n) is 3.07. The van der Waals surface area contributed by atoms with Crippen molar-refractivity contribution in [1.29, 1.82) is 0 Å². The smallest absolute Gasteiger partial charge is 0.152 e. The molecule has 0 radical (unpaired) electrons. The van der Waals surface area contributed by atoms with E-state index in [2.05, 4.69) is 15.3 Å². The molecule has 3 nitrogen and oxygen atoms in total. The van der Waals surface area contributed by atoms with Crippen LogP contribution >= 0.6 is 0 Å². The molecule has 2 rings (SSSR count). The van der Waals surface area contributed by atoms with Crippen molar-refractivity contribution in [2.75, 3.05) is 6.54 Å². The number of nitrogens with zero attached hydrogens (tertiary/aromatic N) is 2. The molecule has 0 spiro atoms. The van der Waals surface area contributed by atoms with E-state index in [9.17, 15) is 4.39 Å². The third-order valence-corrected chi connectivity index (χ3v) is 1.89. The molecule has 1 aromatic heterocycles. The maximum atomic E-state index is 13.2. The Balaban J connectivity index is 2.31. The Hall–Kier alpha value is -1.45. The molecule has 0 amide bonds. The largest absolute Gasteiger partial charge is 0.364 e. The van der Waals surface area contributed by atoms with E-state index in [1.54, 1.807) is 12.3 Å². The molecule has 0 aliphatic carbocycles. The number of hydrogen-bond acceptors (Lipinski definition) is 3. The summed E-state index contributed by atoms with van der Waals surface area (Å²) in [6.45, 7) is 2.68. The van der Waals surface area contributed by atoms with Crippen LogP contribution < -0.4 is 5.32 Å². The van der Waals surface area contributed by atoms with Gasteiger partial charge in [0, 0.05) is 12.2 Å². The third kappa shape index (κ3) is 1.52.